The van der Waals surface area contributed by atoms with Crippen LogP contribution in [0.15, 0.2) is 30.3 Å². The summed E-state index contributed by atoms with van der Waals surface area (Å²) in [5.74, 6) is 0.340. The Hall–Kier alpha value is -1.95. The van der Waals surface area contributed by atoms with Crippen LogP contribution in [0.25, 0.3) is 0 Å². The summed E-state index contributed by atoms with van der Waals surface area (Å²) in [4.78, 5) is 13.0. The number of benzene rings is 2. The molecule has 2 aromatic carbocycles. The van der Waals surface area contributed by atoms with Gasteiger partial charge >= 0.3 is 5.97 Å². The second kappa shape index (κ2) is 8.38. The Bertz CT molecular complexity index is 850. The largest absolute Gasteiger partial charge is 0.493 e. The molecule has 5 nitrogen and oxygen atoms in total. The van der Waals surface area contributed by atoms with Crippen molar-refractivity contribution in [2.75, 3.05) is 20.2 Å². The molecule has 1 aliphatic heterocycles. The zero-order chi connectivity index (χ0) is 19.6. The molecule has 0 saturated carbocycles. The van der Waals surface area contributed by atoms with Gasteiger partial charge in [-0.1, -0.05) is 35.3 Å². The van der Waals surface area contributed by atoms with Crippen molar-refractivity contribution >= 4 is 29.2 Å². The van der Waals surface area contributed by atoms with Gasteiger partial charge in [-0.05, 0) is 41.8 Å². The highest BCUT2D eigenvalue weighted by Gasteiger charge is 2.32. The number of hydrogen-bond donors (Lipinski definition) is 1. The standard InChI is InChI=1S/C20H21Cl2NO4/c1-12-5-14(8-23-9-15(10-23)20(24)25)7-18(26-2)19(12)27-11-13-3-4-16(21)17(22)6-13/h3-7,15H,8-11H2,1-2H3,(H,24,25). The van der Waals surface area contributed by atoms with Crippen molar-refractivity contribution in [2.24, 2.45) is 5.92 Å². The Morgan fingerprint density at radius 2 is 1.93 bits per heavy atom. The van der Waals surface area contributed by atoms with Gasteiger partial charge in [0.15, 0.2) is 11.5 Å². The molecule has 144 valence electrons. The molecule has 2 aromatic rings. The number of halogens is 2. The van der Waals surface area contributed by atoms with Crippen LogP contribution in [0.4, 0.5) is 0 Å². The van der Waals surface area contributed by atoms with Crippen LogP contribution < -0.4 is 9.47 Å². The second-order valence-corrected chi connectivity index (χ2v) is 7.52. The molecule has 27 heavy (non-hydrogen) atoms. The number of methoxy groups -OCH3 is 1. The topological polar surface area (TPSA) is 59.0 Å². The summed E-state index contributed by atoms with van der Waals surface area (Å²) in [6.07, 6.45) is 0. The number of rotatable bonds is 7. The van der Waals surface area contributed by atoms with Crippen LogP contribution in [0.2, 0.25) is 10.0 Å². The van der Waals surface area contributed by atoms with Crippen LogP contribution in [-0.4, -0.2) is 36.2 Å². The van der Waals surface area contributed by atoms with Gasteiger partial charge in [-0.2, -0.15) is 0 Å². The summed E-state index contributed by atoms with van der Waals surface area (Å²) in [7, 11) is 1.61. The Morgan fingerprint density at radius 3 is 2.56 bits per heavy atom. The Kier molecular flexibility index (Phi) is 6.15. The highest BCUT2D eigenvalue weighted by atomic mass is 35.5. The summed E-state index contributed by atoms with van der Waals surface area (Å²) < 4.78 is 11.5. The minimum absolute atomic E-state index is 0.262. The van der Waals surface area contributed by atoms with Crippen molar-refractivity contribution in [2.45, 2.75) is 20.1 Å². The first-order valence-electron chi connectivity index (χ1n) is 8.56. The van der Waals surface area contributed by atoms with E-state index in [1.54, 1.807) is 19.2 Å². The summed E-state index contributed by atoms with van der Waals surface area (Å²) in [6.45, 7) is 4.15. The van der Waals surface area contributed by atoms with Crippen LogP contribution in [0, 0.1) is 12.8 Å². The number of hydrogen-bond acceptors (Lipinski definition) is 4. The van der Waals surface area contributed by atoms with Crippen molar-refractivity contribution in [1.82, 2.24) is 4.90 Å². The molecule has 0 aromatic heterocycles. The van der Waals surface area contributed by atoms with E-state index in [4.69, 9.17) is 37.8 Å². The zero-order valence-electron chi connectivity index (χ0n) is 15.2. The highest BCUT2D eigenvalue weighted by molar-refractivity contribution is 6.42. The molecule has 7 heteroatoms. The molecule has 0 amide bonds. The van der Waals surface area contributed by atoms with Crippen LogP contribution in [0.5, 0.6) is 11.5 Å². The van der Waals surface area contributed by atoms with E-state index >= 15 is 0 Å². The summed E-state index contributed by atoms with van der Waals surface area (Å²) in [6, 6.07) is 9.37. The first-order valence-corrected chi connectivity index (χ1v) is 9.32. The number of carbonyl (C=O) groups is 1. The maximum absolute atomic E-state index is 10.9. The van der Waals surface area contributed by atoms with E-state index in [0.29, 0.717) is 47.8 Å². The third kappa shape index (κ3) is 4.67. The molecule has 0 unspecified atom stereocenters. The van der Waals surface area contributed by atoms with Crippen LogP contribution in [0.1, 0.15) is 16.7 Å². The predicted octanol–water partition coefficient (Wildman–Crippen LogP) is 4.41. The average molecular weight is 410 g/mol. The van der Waals surface area contributed by atoms with Gasteiger partial charge in [-0.15, -0.1) is 0 Å². The van der Waals surface area contributed by atoms with Gasteiger partial charge in [-0.3, -0.25) is 9.69 Å². The molecule has 0 bridgehead atoms. The van der Waals surface area contributed by atoms with E-state index in [1.165, 1.54) is 0 Å². The lowest BCUT2D eigenvalue weighted by Crippen LogP contribution is -2.49. The summed E-state index contributed by atoms with van der Waals surface area (Å²) in [5, 5.41) is 9.99. The van der Waals surface area contributed by atoms with E-state index in [0.717, 1.165) is 16.7 Å². The second-order valence-electron chi connectivity index (χ2n) is 6.71. The molecule has 1 saturated heterocycles. The third-order valence-electron chi connectivity index (χ3n) is 4.60. The third-order valence-corrected chi connectivity index (χ3v) is 5.34. The maximum atomic E-state index is 10.9. The van der Waals surface area contributed by atoms with E-state index in [2.05, 4.69) is 4.90 Å². The van der Waals surface area contributed by atoms with Crippen molar-refractivity contribution in [3.63, 3.8) is 0 Å². The molecule has 1 fully saturated rings. The number of aliphatic carboxylic acids is 1. The van der Waals surface area contributed by atoms with Gasteiger partial charge < -0.3 is 14.6 Å². The minimum atomic E-state index is -0.730. The molecule has 0 radical (unpaired) electrons. The van der Waals surface area contributed by atoms with Gasteiger partial charge in [-0.25, -0.2) is 0 Å². The fourth-order valence-corrected chi connectivity index (χ4v) is 3.46. The van der Waals surface area contributed by atoms with Gasteiger partial charge in [0.25, 0.3) is 0 Å². The molecule has 1 aliphatic rings. The number of likely N-dealkylation sites (tertiary alicyclic amines) is 1. The van der Waals surface area contributed by atoms with Gasteiger partial charge in [0.05, 0.1) is 23.1 Å². The first kappa shape index (κ1) is 19.8. The number of ether oxygens (including phenoxy) is 2. The zero-order valence-corrected chi connectivity index (χ0v) is 16.7. The molecular formula is C20H21Cl2NO4. The Labute approximate surface area is 168 Å². The first-order chi connectivity index (χ1) is 12.9. The van der Waals surface area contributed by atoms with E-state index < -0.39 is 5.97 Å². The number of carboxylic acid groups (broad SMARTS) is 1. The van der Waals surface area contributed by atoms with Gasteiger partial charge in [0, 0.05) is 19.6 Å². The van der Waals surface area contributed by atoms with E-state index in [-0.39, 0.29) is 5.92 Å². The average Bonchev–Trinajstić information content (AvgIpc) is 2.58. The fraction of sp³-hybridized carbons (Fsp3) is 0.350. The molecule has 3 rings (SSSR count). The molecule has 0 atom stereocenters. The van der Waals surface area contributed by atoms with Crippen molar-refractivity contribution in [3.8, 4) is 11.5 Å². The monoisotopic (exact) mass is 409 g/mol. The minimum Gasteiger partial charge on any atom is -0.493 e. The molecule has 0 spiro atoms. The lowest BCUT2D eigenvalue weighted by Gasteiger charge is -2.36. The van der Waals surface area contributed by atoms with Crippen molar-refractivity contribution < 1.29 is 19.4 Å². The fourth-order valence-electron chi connectivity index (χ4n) is 3.14. The van der Waals surface area contributed by atoms with E-state index in [1.807, 2.05) is 25.1 Å². The smallest absolute Gasteiger partial charge is 0.309 e. The van der Waals surface area contributed by atoms with Crippen molar-refractivity contribution in [3.05, 3.63) is 57.1 Å². The van der Waals surface area contributed by atoms with Crippen LogP contribution in [0.3, 0.4) is 0 Å². The number of carboxylic acids is 1. The predicted molar refractivity (Wildman–Crippen MR) is 105 cm³/mol. The molecule has 1 N–H and O–H groups in total. The maximum Gasteiger partial charge on any atom is 0.309 e. The lowest BCUT2D eigenvalue weighted by molar-refractivity contribution is -0.147. The quantitative estimate of drug-likeness (QED) is 0.733. The van der Waals surface area contributed by atoms with Crippen molar-refractivity contribution in [1.29, 1.82) is 0 Å². The van der Waals surface area contributed by atoms with Crippen LogP contribution >= 0.6 is 23.2 Å². The molecular weight excluding hydrogens is 389 g/mol. The summed E-state index contributed by atoms with van der Waals surface area (Å²) >= 11 is 12.0. The molecule has 0 aliphatic carbocycles. The number of nitrogens with zero attached hydrogens (tertiary/aromatic N) is 1. The lowest BCUT2D eigenvalue weighted by atomic mass is 9.99. The van der Waals surface area contributed by atoms with Gasteiger partial charge in [0.2, 0.25) is 0 Å². The Morgan fingerprint density at radius 1 is 1.19 bits per heavy atom. The van der Waals surface area contributed by atoms with E-state index in [9.17, 15) is 4.79 Å². The number of aryl methyl sites for hydroxylation is 1. The normalized spacial score (nSPS) is 14.7. The molecule has 1 heterocycles. The van der Waals surface area contributed by atoms with Crippen LogP contribution in [-0.2, 0) is 17.9 Å². The van der Waals surface area contributed by atoms with Gasteiger partial charge in [0.1, 0.15) is 6.61 Å². The highest BCUT2D eigenvalue weighted by Crippen LogP contribution is 2.34. The summed E-state index contributed by atoms with van der Waals surface area (Å²) in [5.41, 5.74) is 2.94. The SMILES string of the molecule is COc1cc(CN2CC(C(=O)O)C2)cc(C)c1OCc1ccc(Cl)c(Cl)c1. The Balaban J connectivity index is 1.68.